The lowest BCUT2D eigenvalue weighted by molar-refractivity contribution is -0.335. The summed E-state index contributed by atoms with van der Waals surface area (Å²) in [6.07, 6.45) is 8.25. The molecule has 3 atom stereocenters. The maximum absolute atomic E-state index is 7.32. The minimum atomic E-state index is -0.869. The van der Waals surface area contributed by atoms with Gasteiger partial charge in [-0.05, 0) is 102 Å². The zero-order valence-corrected chi connectivity index (χ0v) is 33.7. The normalized spacial score (nSPS) is 23.4. The zero-order valence-electron chi connectivity index (χ0n) is 33.7. The van der Waals surface area contributed by atoms with Crippen molar-refractivity contribution in [1.82, 2.24) is 0 Å². The molecule has 4 aromatic rings. The van der Waals surface area contributed by atoms with Gasteiger partial charge in [0, 0.05) is 35.7 Å². The lowest BCUT2D eigenvalue weighted by Crippen LogP contribution is -2.50. The fourth-order valence-electron chi connectivity index (χ4n) is 10.2. The molecule has 1 saturated heterocycles. The molecule has 2 aliphatic heterocycles. The Balaban J connectivity index is 1.44. The van der Waals surface area contributed by atoms with Gasteiger partial charge < -0.3 is 14.4 Å². The molecule has 3 nitrogen and oxygen atoms in total. The number of benzene rings is 4. The van der Waals surface area contributed by atoms with Crippen LogP contribution in [0.5, 0.6) is 0 Å². The van der Waals surface area contributed by atoms with Crippen LogP contribution < -0.4 is 4.90 Å². The first-order valence-electron chi connectivity index (χ1n) is 20.1. The smallest absolute Gasteiger partial charge is 0.193 e. The average molecular weight is 696 g/mol. The molecule has 7 rings (SSSR count). The molecule has 52 heavy (non-hydrogen) atoms. The summed E-state index contributed by atoms with van der Waals surface area (Å²) in [6.45, 7) is 23.0. The number of anilines is 1. The maximum atomic E-state index is 7.32. The van der Waals surface area contributed by atoms with Gasteiger partial charge in [-0.1, -0.05) is 139 Å². The molecule has 1 aliphatic carbocycles. The van der Waals surface area contributed by atoms with Gasteiger partial charge in [-0.15, -0.1) is 0 Å². The quantitative estimate of drug-likeness (QED) is 0.174. The highest BCUT2D eigenvalue weighted by Crippen LogP contribution is 2.54. The summed E-state index contributed by atoms with van der Waals surface area (Å²) >= 11 is 0. The van der Waals surface area contributed by atoms with Crippen LogP contribution in [0.2, 0.25) is 0 Å². The molecule has 0 spiro atoms. The minimum Gasteiger partial charge on any atom is -0.363 e. The molecular weight excluding hydrogens is 635 g/mol. The third-order valence-electron chi connectivity index (χ3n) is 13.1. The zero-order chi connectivity index (χ0) is 37.1. The van der Waals surface area contributed by atoms with Gasteiger partial charge >= 0.3 is 0 Å². The Bertz CT molecular complexity index is 1970. The van der Waals surface area contributed by atoms with Crippen LogP contribution in [0.4, 0.5) is 5.69 Å². The number of hydrogen-bond donors (Lipinski definition) is 0. The van der Waals surface area contributed by atoms with E-state index in [1.807, 2.05) is 0 Å². The van der Waals surface area contributed by atoms with Crippen molar-refractivity contribution in [2.45, 2.75) is 131 Å². The average Bonchev–Trinajstić information content (AvgIpc) is 3.33. The van der Waals surface area contributed by atoms with E-state index >= 15 is 0 Å². The highest BCUT2D eigenvalue weighted by Gasteiger charge is 2.47. The van der Waals surface area contributed by atoms with Gasteiger partial charge in [0.05, 0.1) is 18.2 Å². The molecule has 3 unspecified atom stereocenters. The fraction of sp³-hybridized carbons (Fsp3) is 0.469. The van der Waals surface area contributed by atoms with Crippen LogP contribution in [0.1, 0.15) is 137 Å². The topological polar surface area (TPSA) is 21.7 Å². The molecule has 274 valence electrons. The number of rotatable bonds is 9. The summed E-state index contributed by atoms with van der Waals surface area (Å²) in [7, 11) is 2.29. The summed E-state index contributed by atoms with van der Waals surface area (Å²) in [5.74, 6) is 0.133. The Labute approximate surface area is 314 Å². The van der Waals surface area contributed by atoms with Gasteiger partial charge in [0.1, 0.15) is 0 Å². The number of aryl methyl sites for hydroxylation is 3. The van der Waals surface area contributed by atoms with E-state index in [0.29, 0.717) is 11.8 Å². The van der Waals surface area contributed by atoms with Crippen molar-refractivity contribution in [3.05, 3.63) is 129 Å². The van der Waals surface area contributed by atoms with Crippen molar-refractivity contribution in [3.8, 4) is 11.1 Å². The Morgan fingerprint density at radius 1 is 0.692 bits per heavy atom. The lowest BCUT2D eigenvalue weighted by Gasteiger charge is -2.49. The molecule has 0 aromatic heterocycles. The standard InChI is InChI=1S/C49H61NO2/c1-12-33(13-2)45-29-46(34(14-3)15-4)52-49(10,51-45)47-32(7)23-31(6)25-40(47)43-27-37(35-20-18-19-30(5)24-35)39-26-38-36-21-16-17-22-41(36)48(8,9)42(38)28-44(39)50(43)11/h16-28,33-34,43,45-46H,12-15,29H2,1-11H3. The summed E-state index contributed by atoms with van der Waals surface area (Å²) in [5, 5.41) is 0. The molecular formula is C49H61NO2. The first-order chi connectivity index (χ1) is 24.8. The van der Waals surface area contributed by atoms with Gasteiger partial charge in [0.25, 0.3) is 0 Å². The Morgan fingerprint density at radius 2 is 1.35 bits per heavy atom. The molecule has 3 aliphatic rings. The van der Waals surface area contributed by atoms with Crippen LogP contribution in [0.25, 0.3) is 16.7 Å². The molecule has 0 N–H and O–H groups in total. The number of fused-ring (bicyclic) bond motifs is 4. The third kappa shape index (κ3) is 6.06. The van der Waals surface area contributed by atoms with E-state index in [1.165, 1.54) is 72.5 Å². The number of hydrogen-bond acceptors (Lipinski definition) is 3. The molecule has 0 bridgehead atoms. The van der Waals surface area contributed by atoms with Crippen LogP contribution >= 0.6 is 0 Å². The second-order valence-corrected chi connectivity index (χ2v) is 16.8. The lowest BCUT2D eigenvalue weighted by atomic mass is 9.79. The third-order valence-corrected chi connectivity index (χ3v) is 13.1. The second-order valence-electron chi connectivity index (χ2n) is 16.8. The van der Waals surface area contributed by atoms with E-state index in [1.54, 1.807) is 0 Å². The van der Waals surface area contributed by atoms with Crippen LogP contribution in [0, 0.1) is 32.6 Å². The Morgan fingerprint density at radius 3 is 1.98 bits per heavy atom. The minimum absolute atomic E-state index is 0.0225. The van der Waals surface area contributed by atoms with Crippen molar-refractivity contribution in [2.24, 2.45) is 11.8 Å². The molecule has 4 aromatic carbocycles. The van der Waals surface area contributed by atoms with Gasteiger partial charge in [-0.2, -0.15) is 0 Å². The summed E-state index contributed by atoms with van der Waals surface area (Å²) in [6, 6.07) is 27.7. The van der Waals surface area contributed by atoms with Crippen LogP contribution in [0.3, 0.4) is 0 Å². The molecule has 0 saturated carbocycles. The first kappa shape index (κ1) is 36.7. The van der Waals surface area contributed by atoms with Gasteiger partial charge in [-0.3, -0.25) is 0 Å². The molecule has 0 radical (unpaired) electrons. The summed E-state index contributed by atoms with van der Waals surface area (Å²) < 4.78 is 14.6. The predicted molar refractivity (Wildman–Crippen MR) is 219 cm³/mol. The van der Waals surface area contributed by atoms with E-state index in [2.05, 4.69) is 160 Å². The SMILES string of the molecule is CCC(CC)C1CC(C(CC)CC)OC(C)(c2c(C)cc(C)cc2C2C=C(c3cccc(C)c3)c3cc4c(cc3N2C)C(C)(C)c2ccccc2-4)O1. The number of nitrogens with zero attached hydrogens (tertiary/aromatic N) is 1. The maximum Gasteiger partial charge on any atom is 0.193 e. The van der Waals surface area contributed by atoms with E-state index < -0.39 is 5.79 Å². The summed E-state index contributed by atoms with van der Waals surface area (Å²) in [4.78, 5) is 2.52. The van der Waals surface area contributed by atoms with Gasteiger partial charge in [0.15, 0.2) is 5.79 Å². The van der Waals surface area contributed by atoms with Crippen LogP contribution in [0.15, 0.2) is 78.9 Å². The number of likely N-dealkylation sites (N-methyl/N-ethyl adjacent to an activating group) is 1. The van der Waals surface area contributed by atoms with Crippen molar-refractivity contribution in [1.29, 1.82) is 0 Å². The number of ether oxygens (including phenoxy) is 2. The van der Waals surface area contributed by atoms with Crippen molar-refractivity contribution in [2.75, 3.05) is 11.9 Å². The monoisotopic (exact) mass is 695 g/mol. The predicted octanol–water partition coefficient (Wildman–Crippen LogP) is 12.8. The highest BCUT2D eigenvalue weighted by atomic mass is 16.7. The highest BCUT2D eigenvalue weighted by molar-refractivity contribution is 5.95. The van der Waals surface area contributed by atoms with E-state index in [4.69, 9.17) is 9.47 Å². The van der Waals surface area contributed by atoms with Crippen LogP contribution in [-0.4, -0.2) is 19.3 Å². The van der Waals surface area contributed by atoms with Crippen LogP contribution in [-0.2, 0) is 20.7 Å². The molecule has 2 heterocycles. The first-order valence-corrected chi connectivity index (χ1v) is 20.1. The molecule has 3 heteroatoms. The summed E-state index contributed by atoms with van der Waals surface area (Å²) in [5.41, 5.74) is 16.8. The molecule has 1 fully saturated rings. The van der Waals surface area contributed by atoms with Crippen molar-refractivity contribution < 1.29 is 9.47 Å². The Hall–Kier alpha value is -3.66. The van der Waals surface area contributed by atoms with E-state index in [0.717, 1.165) is 32.1 Å². The van der Waals surface area contributed by atoms with E-state index in [-0.39, 0.29) is 23.7 Å². The fourth-order valence-corrected chi connectivity index (χ4v) is 10.2. The second kappa shape index (κ2) is 14.0. The van der Waals surface area contributed by atoms with Crippen molar-refractivity contribution >= 4 is 11.3 Å². The van der Waals surface area contributed by atoms with Gasteiger partial charge in [-0.25, -0.2) is 0 Å². The Kier molecular flexibility index (Phi) is 9.85. The van der Waals surface area contributed by atoms with Gasteiger partial charge in [0.2, 0.25) is 0 Å². The van der Waals surface area contributed by atoms with Crippen molar-refractivity contribution in [3.63, 3.8) is 0 Å². The largest absolute Gasteiger partial charge is 0.363 e. The molecule has 0 amide bonds. The van der Waals surface area contributed by atoms with E-state index in [9.17, 15) is 0 Å².